The van der Waals surface area contributed by atoms with Crippen molar-refractivity contribution in [3.8, 4) is 0 Å². The van der Waals surface area contributed by atoms with Gasteiger partial charge >= 0.3 is 0 Å². The Labute approximate surface area is 210 Å². The summed E-state index contributed by atoms with van der Waals surface area (Å²) in [5.74, 6) is 0. The molecule has 0 N–H and O–H groups in total. The molecule has 0 radical (unpaired) electrons. The maximum Gasteiger partial charge on any atom is 0.0466 e. The van der Waals surface area contributed by atoms with Crippen LogP contribution in [0.15, 0.2) is 86.2 Å². The predicted molar refractivity (Wildman–Crippen MR) is 144 cm³/mol. The fourth-order valence-electron chi connectivity index (χ4n) is 2.96. The Morgan fingerprint density at radius 2 is 0.931 bits per heavy atom. The highest BCUT2D eigenvalue weighted by Crippen LogP contribution is 2.29. The molecule has 1 aliphatic heterocycles. The third-order valence-corrected chi connectivity index (χ3v) is 7.48. The van der Waals surface area contributed by atoms with Gasteiger partial charge in [0.15, 0.2) is 0 Å². The Bertz CT molecular complexity index is 922. The summed E-state index contributed by atoms with van der Waals surface area (Å²) in [4.78, 5) is 0. The first-order valence-corrected chi connectivity index (χ1v) is 12.8. The Balaban J connectivity index is 0.000000135. The van der Waals surface area contributed by atoms with E-state index in [2.05, 4.69) is 119 Å². The number of hydrogen-bond donors (Lipinski definition) is 0. The van der Waals surface area contributed by atoms with Gasteiger partial charge in [0.25, 0.3) is 0 Å². The monoisotopic (exact) mass is 688 g/mol. The van der Waals surface area contributed by atoms with E-state index >= 15 is 0 Å². The number of benzene rings is 4. The molecule has 0 unspecified atom stereocenters. The Morgan fingerprint density at radius 1 is 0.552 bits per heavy atom. The molecule has 0 bridgehead atoms. The van der Waals surface area contributed by atoms with E-state index in [0.29, 0.717) is 0 Å². The minimum atomic E-state index is 1.00. The van der Waals surface area contributed by atoms with E-state index in [1.54, 1.807) is 0 Å². The lowest BCUT2D eigenvalue weighted by molar-refractivity contribution is 0.198. The Kier molecular flexibility index (Phi) is 9.44. The summed E-state index contributed by atoms with van der Waals surface area (Å²) in [6, 6.07) is 25.0. The van der Waals surface area contributed by atoms with Gasteiger partial charge in [0.05, 0.1) is 0 Å². The summed E-state index contributed by atoms with van der Waals surface area (Å²) in [5.41, 5.74) is 0. The molecule has 1 saturated heterocycles. The topological polar surface area (TPSA) is 9.23 Å². The number of rotatable bonds is 0. The summed E-state index contributed by atoms with van der Waals surface area (Å²) in [6.45, 7) is 2.00. The van der Waals surface area contributed by atoms with E-state index in [1.165, 1.54) is 42.4 Å². The van der Waals surface area contributed by atoms with Crippen LogP contribution in [0, 0.1) is 3.57 Å². The minimum Gasteiger partial charge on any atom is -0.381 e. The molecule has 1 nitrogen and oxygen atoms in total. The van der Waals surface area contributed by atoms with Crippen molar-refractivity contribution >= 4 is 91.9 Å². The molecule has 0 spiro atoms. The molecule has 1 heterocycles. The molecule has 0 atom stereocenters. The van der Waals surface area contributed by atoms with Crippen molar-refractivity contribution < 1.29 is 4.74 Å². The SMILES string of the molecule is Brc1ccc(Br)c2ccccc12.Brc1ccc(I)c2ccccc12.C1CCOC1. The molecular formula is C24H20Br3IO. The first-order chi connectivity index (χ1) is 14.1. The lowest BCUT2D eigenvalue weighted by atomic mass is 10.1. The van der Waals surface area contributed by atoms with Crippen molar-refractivity contribution in [1.82, 2.24) is 0 Å². The number of ether oxygens (including phenoxy) is 1. The summed E-state index contributed by atoms with van der Waals surface area (Å²) >= 11 is 12.9. The van der Waals surface area contributed by atoms with Crippen molar-refractivity contribution in [2.24, 2.45) is 0 Å². The second kappa shape index (κ2) is 11.8. The predicted octanol–water partition coefficient (Wildman–Crippen LogP) is 9.37. The third-order valence-electron chi connectivity index (χ3n) is 4.46. The van der Waals surface area contributed by atoms with Crippen LogP contribution in [0.3, 0.4) is 0 Å². The molecule has 5 heteroatoms. The van der Waals surface area contributed by atoms with Crippen LogP contribution >= 0.6 is 70.4 Å². The smallest absolute Gasteiger partial charge is 0.0466 e. The summed E-state index contributed by atoms with van der Waals surface area (Å²) in [5, 5.41) is 5.08. The average molecular weight is 691 g/mol. The van der Waals surface area contributed by atoms with E-state index in [1.807, 2.05) is 24.3 Å². The standard InChI is InChI=1S/C10H6Br2.C10H6BrI.C4H8O/c2*11-9-5-6-10(12)8-4-2-1-3-7(8)9;1-2-4-5-3-1/h2*1-6H;1-4H2. The lowest BCUT2D eigenvalue weighted by Crippen LogP contribution is -1.77. The molecule has 5 rings (SSSR count). The minimum absolute atomic E-state index is 1.00. The quantitative estimate of drug-likeness (QED) is 0.167. The second-order valence-corrected chi connectivity index (χ2v) is 10.2. The van der Waals surface area contributed by atoms with Gasteiger partial charge in [-0.15, -0.1) is 0 Å². The van der Waals surface area contributed by atoms with Gasteiger partial charge in [-0.2, -0.15) is 0 Å². The first-order valence-electron chi connectivity index (χ1n) is 9.31. The van der Waals surface area contributed by atoms with Gasteiger partial charge in [-0.1, -0.05) is 96.3 Å². The van der Waals surface area contributed by atoms with Crippen LogP contribution in [0.4, 0.5) is 0 Å². The average Bonchev–Trinajstić information content (AvgIpc) is 3.35. The van der Waals surface area contributed by atoms with E-state index in [9.17, 15) is 0 Å². The zero-order chi connectivity index (χ0) is 20.6. The van der Waals surface area contributed by atoms with Gasteiger partial charge < -0.3 is 4.74 Å². The molecule has 0 amide bonds. The Hall–Kier alpha value is -0.470. The number of halogens is 4. The maximum absolute atomic E-state index is 4.94. The molecule has 0 aliphatic carbocycles. The van der Waals surface area contributed by atoms with Gasteiger partial charge in [0.1, 0.15) is 0 Å². The summed E-state index contributed by atoms with van der Waals surface area (Å²) < 4.78 is 9.69. The molecule has 1 fully saturated rings. The van der Waals surface area contributed by atoms with Crippen molar-refractivity contribution in [2.75, 3.05) is 13.2 Å². The second-order valence-electron chi connectivity index (χ2n) is 6.47. The van der Waals surface area contributed by atoms with Crippen molar-refractivity contribution in [3.63, 3.8) is 0 Å². The van der Waals surface area contributed by atoms with E-state index < -0.39 is 0 Å². The zero-order valence-electron chi connectivity index (χ0n) is 15.7. The summed E-state index contributed by atoms with van der Waals surface area (Å²) in [7, 11) is 0. The number of fused-ring (bicyclic) bond motifs is 2. The van der Waals surface area contributed by atoms with Crippen LogP contribution in [0.1, 0.15) is 12.8 Å². The first kappa shape index (κ1) is 23.2. The van der Waals surface area contributed by atoms with Crippen molar-refractivity contribution in [2.45, 2.75) is 12.8 Å². The summed E-state index contributed by atoms with van der Waals surface area (Å²) in [6.07, 6.45) is 2.56. The normalized spacial score (nSPS) is 12.8. The fourth-order valence-corrected chi connectivity index (χ4v) is 5.05. The van der Waals surface area contributed by atoms with Crippen LogP contribution in [-0.2, 0) is 4.74 Å². The van der Waals surface area contributed by atoms with Gasteiger partial charge in [-0.3, -0.25) is 0 Å². The van der Waals surface area contributed by atoms with Crippen LogP contribution in [0.2, 0.25) is 0 Å². The molecule has 4 aromatic carbocycles. The van der Waals surface area contributed by atoms with Crippen LogP contribution in [-0.4, -0.2) is 13.2 Å². The fraction of sp³-hybridized carbons (Fsp3) is 0.167. The Morgan fingerprint density at radius 3 is 1.31 bits per heavy atom. The maximum atomic E-state index is 4.94. The van der Waals surface area contributed by atoms with E-state index in [4.69, 9.17) is 4.74 Å². The number of hydrogen-bond acceptors (Lipinski definition) is 1. The van der Waals surface area contributed by atoms with Gasteiger partial charge in [0, 0.05) is 30.2 Å². The molecule has 0 aromatic heterocycles. The molecule has 29 heavy (non-hydrogen) atoms. The molecule has 1 aliphatic rings. The highest BCUT2D eigenvalue weighted by molar-refractivity contribution is 14.1. The van der Waals surface area contributed by atoms with Gasteiger partial charge in [-0.05, 0) is 81.2 Å². The van der Waals surface area contributed by atoms with E-state index in [0.717, 1.165) is 22.2 Å². The largest absolute Gasteiger partial charge is 0.381 e. The highest BCUT2D eigenvalue weighted by atomic mass is 127. The van der Waals surface area contributed by atoms with Crippen molar-refractivity contribution in [3.05, 3.63) is 89.8 Å². The van der Waals surface area contributed by atoms with Crippen LogP contribution in [0.25, 0.3) is 21.5 Å². The van der Waals surface area contributed by atoms with E-state index in [-0.39, 0.29) is 0 Å². The molecular weight excluding hydrogens is 671 g/mol. The van der Waals surface area contributed by atoms with Crippen LogP contribution in [0.5, 0.6) is 0 Å². The van der Waals surface area contributed by atoms with Gasteiger partial charge in [-0.25, -0.2) is 0 Å². The lowest BCUT2D eigenvalue weighted by Gasteiger charge is -2.01. The van der Waals surface area contributed by atoms with Crippen LogP contribution < -0.4 is 0 Å². The molecule has 0 saturated carbocycles. The van der Waals surface area contributed by atoms with Crippen molar-refractivity contribution in [1.29, 1.82) is 0 Å². The molecule has 4 aromatic rings. The zero-order valence-corrected chi connectivity index (χ0v) is 22.6. The molecule has 150 valence electrons. The van der Waals surface area contributed by atoms with Gasteiger partial charge in [0.2, 0.25) is 0 Å². The highest BCUT2D eigenvalue weighted by Gasteiger charge is 2.00. The third kappa shape index (κ3) is 6.50.